The van der Waals surface area contributed by atoms with Gasteiger partial charge in [-0.3, -0.25) is 4.79 Å². The van der Waals surface area contributed by atoms with Crippen molar-refractivity contribution in [2.24, 2.45) is 0 Å². The van der Waals surface area contributed by atoms with Crippen LogP contribution in [0.5, 0.6) is 0 Å². The SMILES string of the molecule is CCCS(=O)(=O)N1CCCC1C(=O)N1CCCN(CCCc2ccccc2)CC1. The highest BCUT2D eigenvalue weighted by Crippen LogP contribution is 2.24. The van der Waals surface area contributed by atoms with Crippen molar-refractivity contribution in [3.05, 3.63) is 35.9 Å². The van der Waals surface area contributed by atoms with Crippen LogP contribution in [0.1, 0.15) is 44.6 Å². The lowest BCUT2D eigenvalue weighted by molar-refractivity contribution is -0.134. The number of hydrogen-bond donors (Lipinski definition) is 0. The van der Waals surface area contributed by atoms with E-state index in [9.17, 15) is 13.2 Å². The Bertz CT molecular complexity index is 754. The number of benzene rings is 1. The highest BCUT2D eigenvalue weighted by Gasteiger charge is 2.40. The Morgan fingerprint density at radius 3 is 2.59 bits per heavy atom. The van der Waals surface area contributed by atoms with Crippen LogP contribution in [0.15, 0.2) is 30.3 Å². The summed E-state index contributed by atoms with van der Waals surface area (Å²) >= 11 is 0. The van der Waals surface area contributed by atoms with Crippen molar-refractivity contribution in [1.82, 2.24) is 14.1 Å². The monoisotopic (exact) mass is 421 g/mol. The van der Waals surface area contributed by atoms with E-state index in [1.165, 1.54) is 9.87 Å². The molecular formula is C22H35N3O3S. The highest BCUT2D eigenvalue weighted by molar-refractivity contribution is 7.89. The fraction of sp³-hybridized carbons (Fsp3) is 0.682. The molecule has 1 aromatic rings. The Balaban J connectivity index is 1.50. The largest absolute Gasteiger partial charge is 0.340 e. The average molecular weight is 422 g/mol. The predicted molar refractivity (Wildman–Crippen MR) is 116 cm³/mol. The van der Waals surface area contributed by atoms with E-state index in [0.717, 1.165) is 51.9 Å². The third-order valence-electron chi connectivity index (χ3n) is 5.99. The van der Waals surface area contributed by atoms with Crippen LogP contribution >= 0.6 is 0 Å². The fourth-order valence-corrected chi connectivity index (χ4v) is 6.21. The molecule has 29 heavy (non-hydrogen) atoms. The third-order valence-corrected chi connectivity index (χ3v) is 8.07. The molecule has 0 saturated carbocycles. The molecule has 1 aromatic carbocycles. The van der Waals surface area contributed by atoms with Crippen LogP contribution in [0.3, 0.4) is 0 Å². The molecule has 0 spiro atoms. The second-order valence-corrected chi connectivity index (χ2v) is 10.2. The number of nitrogens with zero attached hydrogens (tertiary/aromatic N) is 3. The van der Waals surface area contributed by atoms with E-state index in [1.807, 2.05) is 17.9 Å². The maximum absolute atomic E-state index is 13.1. The molecule has 7 heteroatoms. The molecule has 0 N–H and O–H groups in total. The van der Waals surface area contributed by atoms with Crippen molar-refractivity contribution in [3.8, 4) is 0 Å². The van der Waals surface area contributed by atoms with Gasteiger partial charge in [-0.05, 0) is 57.2 Å². The first-order valence-corrected chi connectivity index (χ1v) is 12.7. The number of hydrogen-bond acceptors (Lipinski definition) is 4. The number of carbonyl (C=O) groups is 1. The normalized spacial score (nSPS) is 22.0. The maximum Gasteiger partial charge on any atom is 0.241 e. The minimum absolute atomic E-state index is 0.00770. The lowest BCUT2D eigenvalue weighted by Crippen LogP contribution is -2.49. The highest BCUT2D eigenvalue weighted by atomic mass is 32.2. The first-order valence-electron chi connectivity index (χ1n) is 11.1. The molecule has 0 radical (unpaired) electrons. The molecule has 0 aromatic heterocycles. The molecule has 2 saturated heterocycles. The molecule has 2 aliphatic rings. The van der Waals surface area contributed by atoms with Crippen LogP contribution in [0, 0.1) is 0 Å². The molecule has 0 aliphatic carbocycles. The minimum Gasteiger partial charge on any atom is -0.340 e. The topological polar surface area (TPSA) is 60.9 Å². The Hall–Kier alpha value is -1.44. The predicted octanol–water partition coefficient (Wildman–Crippen LogP) is 2.36. The van der Waals surface area contributed by atoms with Gasteiger partial charge in [-0.1, -0.05) is 37.3 Å². The lowest BCUT2D eigenvalue weighted by atomic mass is 10.1. The van der Waals surface area contributed by atoms with Crippen molar-refractivity contribution >= 4 is 15.9 Å². The van der Waals surface area contributed by atoms with Gasteiger partial charge in [0.2, 0.25) is 15.9 Å². The Labute approximate surface area is 175 Å². The molecule has 1 unspecified atom stereocenters. The molecular weight excluding hydrogens is 386 g/mol. The quantitative estimate of drug-likeness (QED) is 0.647. The van der Waals surface area contributed by atoms with Gasteiger partial charge in [0.05, 0.1) is 5.75 Å². The van der Waals surface area contributed by atoms with Crippen LogP contribution in [-0.2, 0) is 21.2 Å². The number of rotatable bonds is 8. The van der Waals surface area contributed by atoms with E-state index < -0.39 is 16.1 Å². The zero-order valence-electron chi connectivity index (χ0n) is 17.6. The maximum atomic E-state index is 13.1. The fourth-order valence-electron chi connectivity index (χ4n) is 4.47. The van der Waals surface area contributed by atoms with Crippen LogP contribution in [0.2, 0.25) is 0 Å². The summed E-state index contributed by atoms with van der Waals surface area (Å²) in [7, 11) is -3.33. The molecule has 0 bridgehead atoms. The van der Waals surface area contributed by atoms with Crippen molar-refractivity contribution in [3.63, 3.8) is 0 Å². The lowest BCUT2D eigenvalue weighted by Gasteiger charge is -2.29. The Morgan fingerprint density at radius 2 is 1.83 bits per heavy atom. The van der Waals surface area contributed by atoms with E-state index in [4.69, 9.17) is 0 Å². The van der Waals surface area contributed by atoms with Gasteiger partial charge in [-0.25, -0.2) is 8.42 Å². The van der Waals surface area contributed by atoms with Gasteiger partial charge in [0.25, 0.3) is 0 Å². The molecule has 162 valence electrons. The molecule has 6 nitrogen and oxygen atoms in total. The summed E-state index contributed by atoms with van der Waals surface area (Å²) in [6.07, 6.45) is 5.15. The molecule has 2 fully saturated rings. The van der Waals surface area contributed by atoms with Gasteiger partial charge >= 0.3 is 0 Å². The summed E-state index contributed by atoms with van der Waals surface area (Å²) in [6.45, 7) is 6.69. The summed E-state index contributed by atoms with van der Waals surface area (Å²) in [4.78, 5) is 17.5. The molecule has 1 atom stereocenters. The zero-order chi connectivity index (χ0) is 20.7. The Kier molecular flexibility index (Phi) is 8.09. The molecule has 3 rings (SSSR count). The Morgan fingerprint density at radius 1 is 1.03 bits per heavy atom. The number of sulfonamides is 1. The summed E-state index contributed by atoms with van der Waals surface area (Å²) in [6, 6.07) is 10.1. The molecule has 1 amide bonds. The van der Waals surface area contributed by atoms with Gasteiger partial charge in [-0.2, -0.15) is 4.31 Å². The van der Waals surface area contributed by atoms with Crippen LogP contribution in [0.4, 0.5) is 0 Å². The van der Waals surface area contributed by atoms with Gasteiger partial charge in [0.15, 0.2) is 0 Å². The van der Waals surface area contributed by atoms with Crippen molar-refractivity contribution in [2.45, 2.75) is 51.5 Å². The standard InChI is InChI=1S/C22H35N3O3S/c1-2-19-29(27,28)25-16-7-12-21(25)22(26)24-15-8-14-23(17-18-24)13-6-11-20-9-4-3-5-10-20/h3-5,9-10,21H,2,6-8,11-19H2,1H3. The minimum atomic E-state index is -3.33. The second kappa shape index (κ2) is 10.5. The van der Waals surface area contributed by atoms with Crippen molar-refractivity contribution in [2.75, 3.05) is 45.0 Å². The van der Waals surface area contributed by atoms with E-state index >= 15 is 0 Å². The zero-order valence-corrected chi connectivity index (χ0v) is 18.4. The number of aryl methyl sites for hydroxylation is 1. The third kappa shape index (κ3) is 6.03. The summed E-state index contributed by atoms with van der Waals surface area (Å²) < 4.78 is 26.5. The van der Waals surface area contributed by atoms with E-state index in [-0.39, 0.29) is 11.7 Å². The van der Waals surface area contributed by atoms with Crippen molar-refractivity contribution in [1.29, 1.82) is 0 Å². The first kappa shape index (κ1) is 22.2. The molecule has 2 aliphatic heterocycles. The second-order valence-electron chi connectivity index (χ2n) is 8.19. The number of carbonyl (C=O) groups excluding carboxylic acids is 1. The van der Waals surface area contributed by atoms with Gasteiger partial charge < -0.3 is 9.80 Å². The number of amides is 1. The van der Waals surface area contributed by atoms with Gasteiger partial charge in [0, 0.05) is 26.2 Å². The van der Waals surface area contributed by atoms with Gasteiger partial charge in [-0.15, -0.1) is 0 Å². The van der Waals surface area contributed by atoms with E-state index in [2.05, 4.69) is 29.2 Å². The smallest absolute Gasteiger partial charge is 0.241 e. The summed E-state index contributed by atoms with van der Waals surface area (Å²) in [5.74, 6) is 0.139. The molecule has 2 heterocycles. The summed E-state index contributed by atoms with van der Waals surface area (Å²) in [5, 5.41) is 0. The first-order chi connectivity index (χ1) is 14.0. The van der Waals surface area contributed by atoms with Crippen molar-refractivity contribution < 1.29 is 13.2 Å². The van der Waals surface area contributed by atoms with E-state index in [0.29, 0.717) is 25.9 Å². The van der Waals surface area contributed by atoms with Crippen LogP contribution in [0.25, 0.3) is 0 Å². The summed E-state index contributed by atoms with van der Waals surface area (Å²) in [5.41, 5.74) is 1.37. The average Bonchev–Trinajstić information content (AvgIpc) is 3.10. The van der Waals surface area contributed by atoms with Gasteiger partial charge in [0.1, 0.15) is 6.04 Å². The van der Waals surface area contributed by atoms with Crippen LogP contribution in [-0.4, -0.2) is 79.5 Å². The van der Waals surface area contributed by atoms with Crippen LogP contribution < -0.4 is 0 Å². The van der Waals surface area contributed by atoms with E-state index in [1.54, 1.807) is 0 Å².